The second-order valence-corrected chi connectivity index (χ2v) is 9.25. The Bertz CT molecular complexity index is 1280. The summed E-state index contributed by atoms with van der Waals surface area (Å²) >= 11 is 1.57. The van der Waals surface area contributed by atoms with Crippen molar-refractivity contribution < 1.29 is 19.1 Å². The highest BCUT2D eigenvalue weighted by molar-refractivity contribution is 7.11. The Balaban J connectivity index is 1.27. The Labute approximate surface area is 202 Å². The number of hydrogen-bond donors (Lipinski definition) is 2. The molecule has 0 fully saturated rings. The summed E-state index contributed by atoms with van der Waals surface area (Å²) < 4.78 is 10.8. The maximum absolute atomic E-state index is 12.8. The van der Waals surface area contributed by atoms with E-state index in [4.69, 9.17) is 9.47 Å². The van der Waals surface area contributed by atoms with Crippen molar-refractivity contribution in [3.8, 4) is 11.5 Å². The molecule has 174 valence electrons. The lowest BCUT2D eigenvalue weighted by Gasteiger charge is -2.29. The zero-order valence-electron chi connectivity index (χ0n) is 19.0. The highest BCUT2D eigenvalue weighted by atomic mass is 32.1. The summed E-state index contributed by atoms with van der Waals surface area (Å²) in [5.74, 6) is 1.20. The first kappa shape index (κ1) is 22.2. The second kappa shape index (κ2) is 9.32. The van der Waals surface area contributed by atoms with Gasteiger partial charge in [0.05, 0.1) is 26.3 Å². The number of nitrogens with zero attached hydrogens (tertiary/aromatic N) is 1. The van der Waals surface area contributed by atoms with Crippen LogP contribution < -0.4 is 20.1 Å². The number of amides is 2. The molecule has 2 aliphatic rings. The van der Waals surface area contributed by atoms with Gasteiger partial charge < -0.3 is 20.1 Å². The summed E-state index contributed by atoms with van der Waals surface area (Å²) in [6, 6.07) is 13.4. The van der Waals surface area contributed by atoms with Gasteiger partial charge in [-0.15, -0.1) is 11.3 Å². The van der Waals surface area contributed by atoms with Crippen LogP contribution in [0.4, 0.5) is 11.4 Å². The number of anilines is 2. The lowest BCUT2D eigenvalue weighted by molar-refractivity contribution is -0.117. The normalized spacial score (nSPS) is 16.1. The molecule has 3 heterocycles. The number of methoxy groups -OCH3 is 2. The average Bonchev–Trinajstić information content (AvgIpc) is 3.46. The number of benzene rings is 2. The molecule has 1 aromatic heterocycles. The van der Waals surface area contributed by atoms with Crippen molar-refractivity contribution >= 4 is 46.2 Å². The van der Waals surface area contributed by atoms with Crippen molar-refractivity contribution in [2.45, 2.75) is 13.0 Å². The van der Waals surface area contributed by atoms with E-state index in [1.807, 2.05) is 53.9 Å². The number of rotatable bonds is 6. The fraction of sp³-hybridized carbons (Fsp3) is 0.231. The maximum Gasteiger partial charge on any atom is 0.256 e. The SMILES string of the molecule is COc1cc2c(cc1OC)CN(CC(=O)Nc1ccc3c(c1)/C(=C/c1cccs1)C(=O)N3)CC2. The third-order valence-electron chi connectivity index (χ3n) is 6.08. The van der Waals surface area contributed by atoms with Crippen LogP contribution >= 0.6 is 11.3 Å². The minimum atomic E-state index is -0.133. The number of nitrogens with one attached hydrogen (secondary N) is 2. The van der Waals surface area contributed by atoms with Crippen molar-refractivity contribution in [2.24, 2.45) is 0 Å². The summed E-state index contributed by atoms with van der Waals surface area (Å²) in [6.07, 6.45) is 2.72. The number of carbonyl (C=O) groups is 2. The predicted octanol–water partition coefficient (Wildman–Crippen LogP) is 4.25. The summed E-state index contributed by atoms with van der Waals surface area (Å²) in [7, 11) is 3.26. The molecule has 0 saturated carbocycles. The first-order chi connectivity index (χ1) is 16.5. The monoisotopic (exact) mass is 475 g/mol. The minimum absolute atomic E-state index is 0.0926. The fourth-order valence-electron chi connectivity index (χ4n) is 4.40. The first-order valence-corrected chi connectivity index (χ1v) is 11.9. The molecule has 0 aliphatic carbocycles. The summed E-state index contributed by atoms with van der Waals surface area (Å²) in [4.78, 5) is 28.4. The molecule has 2 amide bonds. The first-order valence-electron chi connectivity index (χ1n) is 11.0. The van der Waals surface area contributed by atoms with Crippen LogP contribution in [0.5, 0.6) is 11.5 Å². The van der Waals surface area contributed by atoms with Gasteiger partial charge in [-0.25, -0.2) is 0 Å². The number of carbonyl (C=O) groups excluding carboxylic acids is 2. The molecular formula is C26H25N3O4S. The van der Waals surface area contributed by atoms with Gasteiger partial charge in [-0.2, -0.15) is 0 Å². The topological polar surface area (TPSA) is 79.9 Å². The molecule has 2 aliphatic heterocycles. The third kappa shape index (κ3) is 4.42. The standard InChI is InChI=1S/C26H25N3O4S/c1-32-23-10-16-7-8-29(14-17(16)11-24(23)33-2)15-25(30)27-18-5-6-22-20(12-18)21(26(31)28-22)13-19-4-3-9-34-19/h3-6,9-13H,7-8,14-15H2,1-2H3,(H,27,30)(H,28,31)/b21-13-. The largest absolute Gasteiger partial charge is 0.493 e. The Hall–Kier alpha value is -3.62. The predicted molar refractivity (Wildman–Crippen MR) is 134 cm³/mol. The fourth-order valence-corrected chi connectivity index (χ4v) is 5.06. The van der Waals surface area contributed by atoms with Crippen molar-refractivity contribution in [1.82, 2.24) is 4.90 Å². The van der Waals surface area contributed by atoms with Gasteiger partial charge in [-0.1, -0.05) is 6.07 Å². The molecule has 5 rings (SSSR count). The molecule has 0 bridgehead atoms. The zero-order valence-corrected chi connectivity index (χ0v) is 19.8. The van der Waals surface area contributed by atoms with Crippen LogP contribution in [0, 0.1) is 0 Å². The van der Waals surface area contributed by atoms with Gasteiger partial charge >= 0.3 is 0 Å². The van der Waals surface area contributed by atoms with Gasteiger partial charge in [0, 0.05) is 34.9 Å². The van der Waals surface area contributed by atoms with Gasteiger partial charge in [0.2, 0.25) is 5.91 Å². The number of thiophene rings is 1. The molecule has 0 radical (unpaired) electrons. The maximum atomic E-state index is 12.8. The lowest BCUT2D eigenvalue weighted by atomic mass is 9.99. The van der Waals surface area contributed by atoms with Gasteiger partial charge in [0.25, 0.3) is 5.91 Å². The number of fused-ring (bicyclic) bond motifs is 2. The molecule has 7 nitrogen and oxygen atoms in total. The van der Waals surface area contributed by atoms with Crippen LogP contribution in [0.2, 0.25) is 0 Å². The summed E-state index contributed by atoms with van der Waals surface area (Å²) in [6.45, 7) is 1.73. The summed E-state index contributed by atoms with van der Waals surface area (Å²) in [5.41, 5.74) is 5.18. The van der Waals surface area contributed by atoms with Crippen LogP contribution in [0.1, 0.15) is 21.6 Å². The highest BCUT2D eigenvalue weighted by Gasteiger charge is 2.25. The van der Waals surface area contributed by atoms with E-state index in [9.17, 15) is 9.59 Å². The van der Waals surface area contributed by atoms with Crippen molar-refractivity contribution in [2.75, 3.05) is 37.9 Å². The van der Waals surface area contributed by atoms with Crippen LogP contribution in [0.15, 0.2) is 47.8 Å². The molecule has 0 saturated heterocycles. The van der Waals surface area contributed by atoms with Gasteiger partial charge in [0.1, 0.15) is 0 Å². The molecule has 3 aromatic rings. The molecule has 0 unspecified atom stereocenters. The van der Waals surface area contributed by atoms with E-state index in [-0.39, 0.29) is 18.4 Å². The highest BCUT2D eigenvalue weighted by Crippen LogP contribution is 2.36. The van der Waals surface area contributed by atoms with E-state index < -0.39 is 0 Å². The third-order valence-corrected chi connectivity index (χ3v) is 6.90. The van der Waals surface area contributed by atoms with Gasteiger partial charge in [-0.3, -0.25) is 14.5 Å². The van der Waals surface area contributed by atoms with Crippen molar-refractivity contribution in [3.05, 3.63) is 69.4 Å². The van der Waals surface area contributed by atoms with E-state index in [0.29, 0.717) is 23.6 Å². The lowest BCUT2D eigenvalue weighted by Crippen LogP contribution is -2.37. The van der Waals surface area contributed by atoms with E-state index >= 15 is 0 Å². The Morgan fingerprint density at radius 1 is 1.15 bits per heavy atom. The molecule has 2 N–H and O–H groups in total. The van der Waals surface area contributed by atoms with Crippen LogP contribution in [-0.4, -0.2) is 44.0 Å². The molecule has 0 atom stereocenters. The van der Waals surface area contributed by atoms with E-state index in [2.05, 4.69) is 15.5 Å². The van der Waals surface area contributed by atoms with Crippen LogP contribution in [-0.2, 0) is 22.6 Å². The van der Waals surface area contributed by atoms with Crippen LogP contribution in [0.25, 0.3) is 11.6 Å². The van der Waals surface area contributed by atoms with Gasteiger partial charge in [-0.05, 0) is 65.4 Å². The zero-order chi connectivity index (χ0) is 23.7. The molecule has 0 spiro atoms. The molecule has 8 heteroatoms. The van der Waals surface area contributed by atoms with E-state index in [0.717, 1.165) is 40.4 Å². The Morgan fingerprint density at radius 3 is 2.68 bits per heavy atom. The van der Waals surface area contributed by atoms with E-state index in [1.54, 1.807) is 25.6 Å². The van der Waals surface area contributed by atoms with Crippen LogP contribution in [0.3, 0.4) is 0 Å². The average molecular weight is 476 g/mol. The number of hydrogen-bond acceptors (Lipinski definition) is 6. The molecule has 34 heavy (non-hydrogen) atoms. The second-order valence-electron chi connectivity index (χ2n) is 8.27. The Kier molecular flexibility index (Phi) is 6.08. The molecular weight excluding hydrogens is 450 g/mol. The van der Waals surface area contributed by atoms with Crippen molar-refractivity contribution in [1.29, 1.82) is 0 Å². The number of ether oxygens (including phenoxy) is 2. The summed E-state index contributed by atoms with van der Waals surface area (Å²) in [5, 5.41) is 7.85. The van der Waals surface area contributed by atoms with Gasteiger partial charge in [0.15, 0.2) is 11.5 Å². The van der Waals surface area contributed by atoms with E-state index in [1.165, 1.54) is 5.56 Å². The minimum Gasteiger partial charge on any atom is -0.493 e. The smallest absolute Gasteiger partial charge is 0.256 e. The quantitative estimate of drug-likeness (QED) is 0.521. The van der Waals surface area contributed by atoms with Crippen molar-refractivity contribution in [3.63, 3.8) is 0 Å². The Morgan fingerprint density at radius 2 is 1.94 bits per heavy atom. The molecule has 2 aromatic carbocycles.